The fourth-order valence-corrected chi connectivity index (χ4v) is 3.48. The molecule has 0 radical (unpaired) electrons. The van der Waals surface area contributed by atoms with Crippen molar-refractivity contribution in [3.05, 3.63) is 77.4 Å². The van der Waals surface area contributed by atoms with Gasteiger partial charge < -0.3 is 15.0 Å². The number of nitrogens with one attached hydrogen (secondary N) is 2. The van der Waals surface area contributed by atoms with Crippen molar-refractivity contribution >= 4 is 16.7 Å². The SMILES string of the molecule is COc1ccc2cc(C[NH+](C)CC(=O)NCCc3ccccc3C)ccc2c1. The van der Waals surface area contributed by atoms with Gasteiger partial charge in [0.05, 0.1) is 14.2 Å². The third-order valence-electron chi connectivity index (χ3n) is 5.06. The maximum absolute atomic E-state index is 12.3. The Morgan fingerprint density at radius 2 is 1.79 bits per heavy atom. The minimum atomic E-state index is 0.0941. The molecule has 0 aliphatic carbocycles. The molecule has 3 aromatic rings. The molecule has 0 heterocycles. The van der Waals surface area contributed by atoms with Crippen molar-refractivity contribution in [1.29, 1.82) is 0 Å². The zero-order valence-corrected chi connectivity index (χ0v) is 16.9. The van der Waals surface area contributed by atoms with Gasteiger partial charge in [0.1, 0.15) is 12.3 Å². The predicted molar refractivity (Wildman–Crippen MR) is 114 cm³/mol. The van der Waals surface area contributed by atoms with E-state index in [2.05, 4.69) is 55.7 Å². The van der Waals surface area contributed by atoms with Crippen molar-refractivity contribution < 1.29 is 14.4 Å². The van der Waals surface area contributed by atoms with Gasteiger partial charge in [-0.2, -0.15) is 0 Å². The monoisotopic (exact) mass is 377 g/mol. The largest absolute Gasteiger partial charge is 0.497 e. The van der Waals surface area contributed by atoms with E-state index in [1.54, 1.807) is 7.11 Å². The normalized spacial score (nSPS) is 12.0. The van der Waals surface area contributed by atoms with Gasteiger partial charge in [-0.25, -0.2) is 0 Å². The lowest BCUT2D eigenvalue weighted by Crippen LogP contribution is -3.08. The zero-order chi connectivity index (χ0) is 19.9. The average Bonchev–Trinajstić information content (AvgIpc) is 2.69. The van der Waals surface area contributed by atoms with Crippen LogP contribution in [0.1, 0.15) is 16.7 Å². The Morgan fingerprint density at radius 1 is 1.04 bits per heavy atom. The molecule has 0 aromatic heterocycles. The summed E-state index contributed by atoms with van der Waals surface area (Å²) in [4.78, 5) is 13.4. The third kappa shape index (κ3) is 5.33. The highest BCUT2D eigenvalue weighted by molar-refractivity contribution is 5.84. The molecule has 4 heteroatoms. The second-order valence-corrected chi connectivity index (χ2v) is 7.38. The number of fused-ring (bicyclic) bond motifs is 1. The highest BCUT2D eigenvalue weighted by atomic mass is 16.5. The molecule has 1 atom stereocenters. The number of methoxy groups -OCH3 is 1. The summed E-state index contributed by atoms with van der Waals surface area (Å²) in [7, 11) is 3.74. The first-order chi connectivity index (χ1) is 13.5. The predicted octanol–water partition coefficient (Wildman–Crippen LogP) is 2.53. The molecule has 0 fully saturated rings. The molecule has 0 bridgehead atoms. The number of carbonyl (C=O) groups is 1. The van der Waals surface area contributed by atoms with Gasteiger partial charge in [-0.3, -0.25) is 4.79 Å². The molecule has 2 N–H and O–H groups in total. The van der Waals surface area contributed by atoms with Crippen LogP contribution in [-0.2, 0) is 17.8 Å². The second-order valence-electron chi connectivity index (χ2n) is 7.38. The molecule has 3 rings (SSSR count). The molecule has 0 saturated carbocycles. The van der Waals surface area contributed by atoms with Crippen LogP contribution in [0.3, 0.4) is 0 Å². The summed E-state index contributed by atoms with van der Waals surface area (Å²) >= 11 is 0. The molecule has 1 amide bonds. The molecular formula is C24H29N2O2+. The maximum Gasteiger partial charge on any atom is 0.275 e. The lowest BCUT2D eigenvalue weighted by atomic mass is 10.1. The first-order valence-electron chi connectivity index (χ1n) is 9.74. The number of carbonyl (C=O) groups excluding carboxylic acids is 1. The van der Waals surface area contributed by atoms with Gasteiger partial charge in [0, 0.05) is 12.1 Å². The highest BCUT2D eigenvalue weighted by Crippen LogP contribution is 2.21. The van der Waals surface area contributed by atoms with Crippen LogP contribution in [-0.4, -0.2) is 33.2 Å². The van der Waals surface area contributed by atoms with Crippen molar-refractivity contribution in [2.75, 3.05) is 27.2 Å². The summed E-state index contributed by atoms with van der Waals surface area (Å²) < 4.78 is 5.28. The molecule has 146 valence electrons. The quantitative estimate of drug-likeness (QED) is 0.634. The number of likely N-dealkylation sites (N-methyl/N-ethyl adjacent to an activating group) is 1. The Kier molecular flexibility index (Phi) is 6.66. The van der Waals surface area contributed by atoms with E-state index in [0.717, 1.165) is 24.1 Å². The molecule has 0 aliphatic rings. The van der Waals surface area contributed by atoms with E-state index in [-0.39, 0.29) is 5.91 Å². The van der Waals surface area contributed by atoms with Crippen LogP contribution >= 0.6 is 0 Å². The van der Waals surface area contributed by atoms with Crippen LogP contribution in [0, 0.1) is 6.92 Å². The summed E-state index contributed by atoms with van der Waals surface area (Å²) in [6, 6.07) is 20.8. The summed E-state index contributed by atoms with van der Waals surface area (Å²) in [5, 5.41) is 5.39. The molecule has 28 heavy (non-hydrogen) atoms. The smallest absolute Gasteiger partial charge is 0.275 e. The first kappa shape index (κ1) is 19.9. The minimum Gasteiger partial charge on any atom is -0.497 e. The van der Waals surface area contributed by atoms with E-state index in [9.17, 15) is 4.79 Å². The zero-order valence-electron chi connectivity index (χ0n) is 16.9. The van der Waals surface area contributed by atoms with Crippen LogP contribution in [0.5, 0.6) is 5.75 Å². The van der Waals surface area contributed by atoms with E-state index < -0.39 is 0 Å². The van der Waals surface area contributed by atoms with E-state index in [1.807, 2.05) is 24.3 Å². The van der Waals surface area contributed by atoms with Gasteiger partial charge in [0.25, 0.3) is 5.91 Å². The van der Waals surface area contributed by atoms with Gasteiger partial charge in [-0.1, -0.05) is 42.5 Å². The van der Waals surface area contributed by atoms with Crippen LogP contribution in [0.25, 0.3) is 10.8 Å². The fraction of sp³-hybridized carbons (Fsp3) is 0.292. The molecule has 0 spiro atoms. The number of quaternary nitrogens is 1. The number of hydrogen-bond donors (Lipinski definition) is 2. The van der Waals surface area contributed by atoms with Crippen LogP contribution in [0.15, 0.2) is 60.7 Å². The van der Waals surface area contributed by atoms with Gasteiger partial charge in [-0.15, -0.1) is 0 Å². The lowest BCUT2D eigenvalue weighted by molar-refractivity contribution is -0.885. The summed E-state index contributed by atoms with van der Waals surface area (Å²) in [5.41, 5.74) is 3.78. The highest BCUT2D eigenvalue weighted by Gasteiger charge is 2.11. The number of aryl methyl sites for hydroxylation is 1. The van der Waals surface area contributed by atoms with Crippen molar-refractivity contribution in [3.63, 3.8) is 0 Å². The van der Waals surface area contributed by atoms with Gasteiger partial charge in [-0.05, 0) is 53.4 Å². The second kappa shape index (κ2) is 9.38. The van der Waals surface area contributed by atoms with Crippen molar-refractivity contribution in [1.82, 2.24) is 5.32 Å². The van der Waals surface area contributed by atoms with E-state index in [0.29, 0.717) is 13.1 Å². The van der Waals surface area contributed by atoms with Crippen molar-refractivity contribution in [3.8, 4) is 5.75 Å². The number of amides is 1. The van der Waals surface area contributed by atoms with E-state index in [1.165, 1.54) is 27.0 Å². The fourth-order valence-electron chi connectivity index (χ4n) is 3.48. The Labute approximate surface area is 167 Å². The summed E-state index contributed by atoms with van der Waals surface area (Å²) in [6.07, 6.45) is 0.867. The Balaban J connectivity index is 1.49. The van der Waals surface area contributed by atoms with E-state index >= 15 is 0 Å². The molecule has 1 unspecified atom stereocenters. The molecule has 4 nitrogen and oxygen atoms in total. The van der Waals surface area contributed by atoms with Crippen LogP contribution in [0.2, 0.25) is 0 Å². The number of rotatable bonds is 8. The average molecular weight is 378 g/mol. The van der Waals surface area contributed by atoms with Crippen LogP contribution < -0.4 is 15.0 Å². The topological polar surface area (TPSA) is 42.8 Å². The lowest BCUT2D eigenvalue weighted by Gasteiger charge is -2.15. The minimum absolute atomic E-state index is 0.0941. The number of benzene rings is 3. The summed E-state index contributed by atoms with van der Waals surface area (Å²) in [6.45, 7) is 4.06. The summed E-state index contributed by atoms with van der Waals surface area (Å²) in [5.74, 6) is 0.960. The Hall–Kier alpha value is -2.85. The van der Waals surface area contributed by atoms with Gasteiger partial charge in [0.15, 0.2) is 6.54 Å². The van der Waals surface area contributed by atoms with Crippen LogP contribution in [0.4, 0.5) is 0 Å². The molecular weight excluding hydrogens is 348 g/mol. The number of hydrogen-bond acceptors (Lipinski definition) is 2. The van der Waals surface area contributed by atoms with Crippen molar-refractivity contribution in [2.45, 2.75) is 19.9 Å². The Morgan fingerprint density at radius 3 is 2.57 bits per heavy atom. The molecule has 0 saturated heterocycles. The van der Waals surface area contributed by atoms with Gasteiger partial charge in [0.2, 0.25) is 0 Å². The van der Waals surface area contributed by atoms with Crippen molar-refractivity contribution in [2.24, 2.45) is 0 Å². The van der Waals surface area contributed by atoms with E-state index in [4.69, 9.17) is 4.74 Å². The third-order valence-corrected chi connectivity index (χ3v) is 5.06. The molecule has 3 aromatic carbocycles. The molecule has 0 aliphatic heterocycles. The standard InChI is InChI=1S/C24H28N2O2/c1-18-6-4-5-7-20(18)12-13-25-24(27)17-26(2)16-19-8-9-22-15-23(28-3)11-10-21(22)14-19/h4-11,14-15H,12-13,16-17H2,1-3H3,(H,25,27)/p+1. The number of ether oxygens (including phenoxy) is 1. The van der Waals surface area contributed by atoms with Gasteiger partial charge >= 0.3 is 0 Å². The maximum atomic E-state index is 12.3. The Bertz CT molecular complexity index is 952. The first-order valence-corrected chi connectivity index (χ1v) is 9.74.